The van der Waals surface area contributed by atoms with E-state index in [0.29, 0.717) is 5.69 Å². The average molecular weight is 427 g/mol. The highest BCUT2D eigenvalue weighted by Gasteiger charge is 2.21. The molecule has 152 valence electrons. The molecule has 0 aliphatic rings. The summed E-state index contributed by atoms with van der Waals surface area (Å²) >= 11 is 0. The lowest BCUT2D eigenvalue weighted by Crippen LogP contribution is -2.18. The molecule has 0 unspecified atom stereocenters. The van der Waals surface area contributed by atoms with Crippen molar-refractivity contribution >= 4 is 37.1 Å². The minimum Gasteiger partial charge on any atom is -0.494 e. The highest BCUT2D eigenvalue weighted by Crippen LogP contribution is 2.29. The van der Waals surface area contributed by atoms with E-state index in [1.807, 2.05) is 0 Å². The zero-order chi connectivity index (χ0) is 20.9. The third-order valence-electron chi connectivity index (χ3n) is 3.95. The summed E-state index contributed by atoms with van der Waals surface area (Å²) < 4.78 is 55.5. The van der Waals surface area contributed by atoms with Crippen LogP contribution in [0.15, 0.2) is 47.4 Å². The molecule has 0 atom stereocenters. The Balaban J connectivity index is 2.34. The van der Waals surface area contributed by atoms with Crippen LogP contribution in [0.5, 0.6) is 5.75 Å². The number of sulfonamides is 1. The number of anilines is 2. The van der Waals surface area contributed by atoms with Crippen molar-refractivity contribution in [2.45, 2.75) is 18.7 Å². The van der Waals surface area contributed by atoms with Gasteiger partial charge in [0.05, 0.1) is 34.8 Å². The van der Waals surface area contributed by atoms with Gasteiger partial charge in [-0.1, -0.05) is 19.1 Å². The van der Waals surface area contributed by atoms with E-state index in [-0.39, 0.29) is 33.4 Å². The van der Waals surface area contributed by atoms with Gasteiger partial charge in [-0.2, -0.15) is 0 Å². The molecule has 28 heavy (non-hydrogen) atoms. The zero-order valence-electron chi connectivity index (χ0n) is 15.7. The number of hydrogen-bond acceptors (Lipinski definition) is 6. The monoisotopic (exact) mass is 426 g/mol. The zero-order valence-corrected chi connectivity index (χ0v) is 17.4. The van der Waals surface area contributed by atoms with Gasteiger partial charge in [0.1, 0.15) is 5.75 Å². The minimum atomic E-state index is -3.57. The largest absolute Gasteiger partial charge is 0.494 e. The lowest BCUT2D eigenvalue weighted by Gasteiger charge is -2.14. The van der Waals surface area contributed by atoms with E-state index in [0.717, 1.165) is 0 Å². The van der Waals surface area contributed by atoms with Gasteiger partial charge in [0.25, 0.3) is 5.91 Å². The SMILES string of the molecule is CCS(=O)(=O)Nc1ccc(NC(=O)c2ccccc2S(=O)(=O)CC)cc1OC. The van der Waals surface area contributed by atoms with Crippen LogP contribution in [0.25, 0.3) is 0 Å². The quantitative estimate of drug-likeness (QED) is 0.669. The molecule has 0 spiro atoms. The van der Waals surface area contributed by atoms with E-state index >= 15 is 0 Å². The van der Waals surface area contributed by atoms with Crippen molar-refractivity contribution in [1.82, 2.24) is 0 Å². The van der Waals surface area contributed by atoms with E-state index in [2.05, 4.69) is 10.0 Å². The number of hydrogen-bond donors (Lipinski definition) is 2. The molecule has 0 aromatic heterocycles. The molecule has 0 aliphatic carbocycles. The predicted molar refractivity (Wildman–Crippen MR) is 108 cm³/mol. The first kappa shape index (κ1) is 21.7. The molecule has 0 saturated heterocycles. The van der Waals surface area contributed by atoms with Crippen molar-refractivity contribution in [2.24, 2.45) is 0 Å². The Morgan fingerprint density at radius 3 is 2.29 bits per heavy atom. The van der Waals surface area contributed by atoms with Gasteiger partial charge >= 0.3 is 0 Å². The Bertz CT molecular complexity index is 1080. The number of sulfone groups is 1. The van der Waals surface area contributed by atoms with Gasteiger partial charge in [-0.05, 0) is 31.2 Å². The Kier molecular flexibility index (Phi) is 6.68. The number of amides is 1. The molecule has 2 aromatic carbocycles. The van der Waals surface area contributed by atoms with Crippen molar-refractivity contribution in [3.05, 3.63) is 48.0 Å². The maximum absolute atomic E-state index is 12.6. The maximum atomic E-state index is 12.6. The third kappa shape index (κ3) is 5.02. The number of methoxy groups -OCH3 is 1. The molecule has 0 heterocycles. The fourth-order valence-corrected chi connectivity index (χ4v) is 4.11. The normalized spacial score (nSPS) is 11.7. The number of nitrogens with one attached hydrogen (secondary N) is 2. The summed E-state index contributed by atoms with van der Waals surface area (Å²) in [6.07, 6.45) is 0. The molecule has 0 aliphatic heterocycles. The fourth-order valence-electron chi connectivity index (χ4n) is 2.37. The van der Waals surface area contributed by atoms with Crippen LogP contribution in [0.3, 0.4) is 0 Å². The number of carbonyl (C=O) groups excluding carboxylic acids is 1. The summed E-state index contributed by atoms with van der Waals surface area (Å²) in [6, 6.07) is 10.3. The van der Waals surface area contributed by atoms with E-state index in [1.165, 1.54) is 51.3 Å². The minimum absolute atomic E-state index is 0.0269. The first-order valence-corrected chi connectivity index (χ1v) is 11.8. The van der Waals surface area contributed by atoms with Crippen molar-refractivity contribution in [1.29, 1.82) is 0 Å². The number of rotatable bonds is 8. The van der Waals surface area contributed by atoms with Crippen molar-refractivity contribution in [3.8, 4) is 5.75 Å². The number of carbonyl (C=O) groups is 1. The Hall–Kier alpha value is -2.59. The summed E-state index contributed by atoms with van der Waals surface area (Å²) in [4.78, 5) is 12.6. The van der Waals surface area contributed by atoms with Gasteiger partial charge in [0.15, 0.2) is 9.84 Å². The first-order chi connectivity index (χ1) is 13.1. The molecule has 10 heteroatoms. The van der Waals surface area contributed by atoms with E-state index in [4.69, 9.17) is 4.74 Å². The molecule has 2 aromatic rings. The summed E-state index contributed by atoms with van der Waals surface area (Å²) in [5.41, 5.74) is 0.584. The average Bonchev–Trinajstić information content (AvgIpc) is 2.68. The van der Waals surface area contributed by atoms with Gasteiger partial charge < -0.3 is 10.1 Å². The second kappa shape index (κ2) is 8.61. The van der Waals surface area contributed by atoms with Crippen molar-refractivity contribution < 1.29 is 26.4 Å². The van der Waals surface area contributed by atoms with Crippen molar-refractivity contribution in [2.75, 3.05) is 28.7 Å². The second-order valence-corrected chi connectivity index (χ2v) is 10.0. The van der Waals surface area contributed by atoms with Crippen LogP contribution in [0.2, 0.25) is 0 Å². The van der Waals surface area contributed by atoms with Crippen LogP contribution in [0.1, 0.15) is 24.2 Å². The van der Waals surface area contributed by atoms with E-state index in [1.54, 1.807) is 12.1 Å². The summed E-state index contributed by atoms with van der Waals surface area (Å²) in [5, 5.41) is 2.61. The molecule has 0 bridgehead atoms. The molecule has 0 saturated carbocycles. The number of ether oxygens (including phenoxy) is 1. The van der Waals surface area contributed by atoms with Gasteiger partial charge in [0, 0.05) is 11.8 Å². The predicted octanol–water partition coefficient (Wildman–Crippen LogP) is 2.50. The molecule has 8 nitrogen and oxygen atoms in total. The van der Waals surface area contributed by atoms with Gasteiger partial charge in [-0.15, -0.1) is 0 Å². The highest BCUT2D eigenvalue weighted by molar-refractivity contribution is 7.92. The standard InChI is InChI=1S/C18H22N2O6S2/c1-4-27(22,23)17-9-7-6-8-14(17)18(21)19-13-10-11-15(16(12-13)26-3)20-28(24,25)5-2/h6-12,20H,4-5H2,1-3H3,(H,19,21). The van der Waals surface area contributed by atoms with Crippen LogP contribution < -0.4 is 14.8 Å². The van der Waals surface area contributed by atoms with Gasteiger partial charge in [0.2, 0.25) is 10.0 Å². The molecular formula is C18H22N2O6S2. The van der Waals surface area contributed by atoms with Crippen LogP contribution in [0.4, 0.5) is 11.4 Å². The third-order valence-corrected chi connectivity index (χ3v) is 7.03. The summed E-state index contributed by atoms with van der Waals surface area (Å²) in [7, 11) is -5.70. The van der Waals surface area contributed by atoms with Gasteiger partial charge in [-0.25, -0.2) is 16.8 Å². The van der Waals surface area contributed by atoms with E-state index < -0.39 is 25.8 Å². The Morgan fingerprint density at radius 1 is 1.00 bits per heavy atom. The van der Waals surface area contributed by atoms with Crippen LogP contribution >= 0.6 is 0 Å². The lowest BCUT2D eigenvalue weighted by molar-refractivity contribution is 0.102. The molecule has 2 N–H and O–H groups in total. The summed E-state index contributed by atoms with van der Waals surface area (Å²) in [6.45, 7) is 3.01. The molecule has 2 rings (SSSR count). The Labute approximate surface area is 164 Å². The molecule has 0 radical (unpaired) electrons. The highest BCUT2D eigenvalue weighted by atomic mass is 32.2. The first-order valence-electron chi connectivity index (χ1n) is 8.45. The molecule has 0 fully saturated rings. The summed E-state index contributed by atoms with van der Waals surface area (Å²) in [5.74, 6) is -0.616. The second-order valence-electron chi connectivity index (χ2n) is 5.77. The van der Waals surface area contributed by atoms with Crippen LogP contribution in [-0.4, -0.2) is 41.4 Å². The van der Waals surface area contributed by atoms with Crippen molar-refractivity contribution in [3.63, 3.8) is 0 Å². The Morgan fingerprint density at radius 2 is 1.68 bits per heavy atom. The smallest absolute Gasteiger partial charge is 0.256 e. The van der Waals surface area contributed by atoms with Crippen LogP contribution in [-0.2, 0) is 19.9 Å². The lowest BCUT2D eigenvalue weighted by atomic mass is 10.2. The molecule has 1 amide bonds. The van der Waals surface area contributed by atoms with E-state index in [9.17, 15) is 21.6 Å². The van der Waals surface area contributed by atoms with Gasteiger partial charge in [-0.3, -0.25) is 9.52 Å². The number of benzene rings is 2. The maximum Gasteiger partial charge on any atom is 0.256 e. The van der Waals surface area contributed by atoms with Crippen LogP contribution in [0, 0.1) is 0 Å². The topological polar surface area (TPSA) is 119 Å². The fraction of sp³-hybridized carbons (Fsp3) is 0.278. The molecular weight excluding hydrogens is 404 g/mol.